The van der Waals surface area contributed by atoms with Crippen molar-refractivity contribution >= 4 is 29.3 Å². The van der Waals surface area contributed by atoms with Crippen LogP contribution in [0.15, 0.2) is 35.9 Å². The fraction of sp³-hybridized carbons (Fsp3) is 0.476. The molecule has 0 aliphatic heterocycles. The molecule has 3 N–H and O–H groups in total. The Morgan fingerprint density at radius 1 is 1.04 bits per heavy atom. The van der Waals surface area contributed by atoms with E-state index in [0.29, 0.717) is 11.4 Å². The Bertz CT molecular complexity index is 742. The molecule has 152 valence electrons. The van der Waals surface area contributed by atoms with Gasteiger partial charge in [-0.3, -0.25) is 9.59 Å². The molecule has 1 saturated carbocycles. The highest BCUT2D eigenvalue weighted by molar-refractivity contribution is 6.04. The summed E-state index contributed by atoms with van der Waals surface area (Å²) in [5.41, 5.74) is 1.63. The van der Waals surface area contributed by atoms with E-state index in [1.165, 1.54) is 0 Å². The number of carbonyl (C=O) groups is 3. The number of ether oxygens (including phenoxy) is 1. The minimum absolute atomic E-state index is 0.0889. The number of rotatable bonds is 6. The molecule has 0 atom stereocenters. The highest BCUT2D eigenvalue weighted by atomic mass is 16.6. The molecule has 1 aliphatic rings. The minimum Gasteiger partial charge on any atom is -0.444 e. The first kappa shape index (κ1) is 21.5. The van der Waals surface area contributed by atoms with Gasteiger partial charge in [0.05, 0.1) is 11.4 Å². The number of nitrogens with one attached hydrogen (secondary N) is 3. The van der Waals surface area contributed by atoms with E-state index in [0.717, 1.165) is 31.3 Å². The Labute approximate surface area is 165 Å². The molecule has 0 unspecified atom stereocenters. The number of benzene rings is 1. The first-order valence-electron chi connectivity index (χ1n) is 9.59. The monoisotopic (exact) mass is 387 g/mol. The number of hydrogen-bond donors (Lipinski definition) is 3. The number of para-hydroxylation sites is 2. The van der Waals surface area contributed by atoms with Crippen LogP contribution in [0.2, 0.25) is 0 Å². The van der Waals surface area contributed by atoms with Crippen molar-refractivity contribution in [3.05, 3.63) is 35.9 Å². The topological polar surface area (TPSA) is 96.5 Å². The number of amides is 3. The van der Waals surface area contributed by atoms with E-state index in [2.05, 4.69) is 16.0 Å². The van der Waals surface area contributed by atoms with Gasteiger partial charge in [-0.25, -0.2) is 4.79 Å². The molecular weight excluding hydrogens is 358 g/mol. The molecule has 0 radical (unpaired) electrons. The Hall–Kier alpha value is -2.83. The van der Waals surface area contributed by atoms with Gasteiger partial charge >= 0.3 is 6.09 Å². The van der Waals surface area contributed by atoms with Crippen molar-refractivity contribution in [3.8, 4) is 0 Å². The lowest BCUT2D eigenvalue weighted by Crippen LogP contribution is -2.34. The molecule has 0 aromatic heterocycles. The quantitative estimate of drug-likeness (QED) is 0.643. The highest BCUT2D eigenvalue weighted by Gasteiger charge is 2.16. The summed E-state index contributed by atoms with van der Waals surface area (Å²) in [6.07, 6.45) is 5.37. The van der Waals surface area contributed by atoms with Gasteiger partial charge in [0.2, 0.25) is 11.8 Å². The zero-order valence-electron chi connectivity index (χ0n) is 16.8. The second-order valence-electron chi connectivity index (χ2n) is 7.77. The molecule has 3 amide bonds. The molecule has 7 nitrogen and oxygen atoms in total. The molecule has 28 heavy (non-hydrogen) atoms. The standard InChI is InChI=1S/C21H29N3O4/c1-21(2,3)28-20(27)22-13-12-18(25)23-16-10-6-7-11-17(16)24-19(26)14-15-8-4-5-9-15/h6-7,10-11,14H,4-5,8-9,12-13H2,1-3H3,(H,22,27)(H,23,25)(H,24,26). The maximum absolute atomic E-state index is 12.2. The molecule has 7 heteroatoms. The summed E-state index contributed by atoms with van der Waals surface area (Å²) in [6, 6.07) is 7.02. The van der Waals surface area contributed by atoms with Crippen LogP contribution in [-0.4, -0.2) is 30.1 Å². The van der Waals surface area contributed by atoms with E-state index in [1.807, 2.05) is 0 Å². The van der Waals surface area contributed by atoms with E-state index in [4.69, 9.17) is 4.74 Å². The van der Waals surface area contributed by atoms with Crippen LogP contribution in [0.25, 0.3) is 0 Å². The molecule has 0 spiro atoms. The molecule has 0 heterocycles. The van der Waals surface area contributed by atoms with Crippen LogP contribution in [0.1, 0.15) is 52.9 Å². The van der Waals surface area contributed by atoms with Crippen molar-refractivity contribution in [1.82, 2.24) is 5.32 Å². The van der Waals surface area contributed by atoms with Crippen molar-refractivity contribution in [1.29, 1.82) is 0 Å². The van der Waals surface area contributed by atoms with Crippen molar-refractivity contribution in [2.75, 3.05) is 17.2 Å². The lowest BCUT2D eigenvalue weighted by Gasteiger charge is -2.19. The Morgan fingerprint density at radius 2 is 1.64 bits per heavy atom. The van der Waals surface area contributed by atoms with Crippen LogP contribution in [0.3, 0.4) is 0 Å². The summed E-state index contributed by atoms with van der Waals surface area (Å²) in [6.45, 7) is 5.47. The third kappa shape index (κ3) is 7.82. The first-order valence-corrected chi connectivity index (χ1v) is 9.59. The lowest BCUT2D eigenvalue weighted by molar-refractivity contribution is -0.116. The third-order valence-corrected chi connectivity index (χ3v) is 4.06. The number of hydrogen-bond acceptors (Lipinski definition) is 4. The summed E-state index contributed by atoms with van der Waals surface area (Å²) in [5.74, 6) is -0.461. The van der Waals surface area contributed by atoms with Crippen molar-refractivity contribution < 1.29 is 19.1 Å². The number of allylic oxidation sites excluding steroid dienone is 1. The van der Waals surface area contributed by atoms with E-state index >= 15 is 0 Å². The van der Waals surface area contributed by atoms with Crippen LogP contribution in [0.4, 0.5) is 16.2 Å². The summed E-state index contributed by atoms with van der Waals surface area (Å²) in [5, 5.41) is 8.13. The highest BCUT2D eigenvalue weighted by Crippen LogP contribution is 2.25. The molecule has 1 aliphatic carbocycles. The van der Waals surface area contributed by atoms with E-state index < -0.39 is 11.7 Å². The maximum atomic E-state index is 12.2. The summed E-state index contributed by atoms with van der Waals surface area (Å²) in [7, 11) is 0. The first-order chi connectivity index (χ1) is 13.2. The molecule has 1 aromatic carbocycles. The third-order valence-electron chi connectivity index (χ3n) is 4.06. The van der Waals surface area contributed by atoms with Gasteiger partial charge in [-0.15, -0.1) is 0 Å². The average molecular weight is 387 g/mol. The van der Waals surface area contributed by atoms with Gasteiger partial charge in [-0.2, -0.15) is 0 Å². The molecule has 2 rings (SSSR count). The predicted molar refractivity (Wildman–Crippen MR) is 109 cm³/mol. The van der Waals surface area contributed by atoms with E-state index in [9.17, 15) is 14.4 Å². The zero-order valence-corrected chi connectivity index (χ0v) is 16.8. The summed E-state index contributed by atoms with van der Waals surface area (Å²) >= 11 is 0. The number of anilines is 2. The van der Waals surface area contributed by atoms with Gasteiger partial charge in [0.25, 0.3) is 0 Å². The predicted octanol–water partition coefficient (Wildman–Crippen LogP) is 3.98. The smallest absolute Gasteiger partial charge is 0.407 e. The van der Waals surface area contributed by atoms with Crippen LogP contribution in [-0.2, 0) is 14.3 Å². The van der Waals surface area contributed by atoms with Crippen molar-refractivity contribution in [2.24, 2.45) is 0 Å². The number of alkyl carbamates (subject to hydrolysis) is 1. The van der Waals surface area contributed by atoms with Gasteiger partial charge < -0.3 is 20.7 Å². The summed E-state index contributed by atoms with van der Waals surface area (Å²) in [4.78, 5) is 36.0. The minimum atomic E-state index is -0.586. The van der Waals surface area contributed by atoms with Gasteiger partial charge in [0, 0.05) is 19.0 Å². The van der Waals surface area contributed by atoms with Crippen LogP contribution in [0.5, 0.6) is 0 Å². The van der Waals surface area contributed by atoms with Crippen LogP contribution in [0, 0.1) is 0 Å². The zero-order chi connectivity index (χ0) is 20.6. The van der Waals surface area contributed by atoms with Crippen LogP contribution >= 0.6 is 0 Å². The van der Waals surface area contributed by atoms with Crippen molar-refractivity contribution in [3.63, 3.8) is 0 Å². The molecule has 0 bridgehead atoms. The maximum Gasteiger partial charge on any atom is 0.407 e. The molecule has 0 saturated heterocycles. The molecule has 1 aromatic rings. The van der Waals surface area contributed by atoms with E-state index in [1.54, 1.807) is 51.1 Å². The second kappa shape index (κ2) is 9.92. The van der Waals surface area contributed by atoms with Gasteiger partial charge in [0.1, 0.15) is 5.60 Å². The van der Waals surface area contributed by atoms with Gasteiger partial charge in [0.15, 0.2) is 0 Å². The Balaban J connectivity index is 1.84. The summed E-state index contributed by atoms with van der Waals surface area (Å²) < 4.78 is 5.12. The van der Waals surface area contributed by atoms with Gasteiger partial charge in [-0.05, 0) is 58.6 Å². The van der Waals surface area contributed by atoms with E-state index in [-0.39, 0.29) is 24.8 Å². The SMILES string of the molecule is CC(C)(C)OC(=O)NCCC(=O)Nc1ccccc1NC(=O)C=C1CCCC1. The fourth-order valence-electron chi connectivity index (χ4n) is 2.83. The van der Waals surface area contributed by atoms with Gasteiger partial charge in [-0.1, -0.05) is 17.7 Å². The second-order valence-corrected chi connectivity index (χ2v) is 7.77. The Kier molecular flexibility index (Phi) is 7.61. The average Bonchev–Trinajstić information content (AvgIpc) is 3.07. The van der Waals surface area contributed by atoms with Crippen LogP contribution < -0.4 is 16.0 Å². The lowest BCUT2D eigenvalue weighted by atomic mass is 10.2. The molecule has 1 fully saturated rings. The van der Waals surface area contributed by atoms with Crippen molar-refractivity contribution in [2.45, 2.75) is 58.5 Å². The Morgan fingerprint density at radius 3 is 2.25 bits per heavy atom. The normalized spacial score (nSPS) is 13.6. The number of carbonyl (C=O) groups excluding carboxylic acids is 3. The largest absolute Gasteiger partial charge is 0.444 e. The fourth-order valence-corrected chi connectivity index (χ4v) is 2.83. The molecular formula is C21H29N3O4.